The van der Waals surface area contributed by atoms with Crippen LogP contribution in [0.15, 0.2) is 47.4 Å². The summed E-state index contributed by atoms with van der Waals surface area (Å²) in [6, 6.07) is 8.12. The Bertz CT molecular complexity index is 1040. The first-order chi connectivity index (χ1) is 13.5. The minimum Gasteiger partial charge on any atom is -0.336 e. The summed E-state index contributed by atoms with van der Waals surface area (Å²) in [5, 5.41) is 0.327. The van der Waals surface area contributed by atoms with Crippen molar-refractivity contribution < 1.29 is 26.4 Å². The van der Waals surface area contributed by atoms with E-state index in [1.54, 1.807) is 0 Å². The molecule has 156 valence electrons. The quantitative estimate of drug-likeness (QED) is 0.682. The summed E-state index contributed by atoms with van der Waals surface area (Å²) in [6.07, 6.45) is -4.55. The molecule has 0 bridgehead atoms. The molecule has 0 radical (unpaired) electrons. The fourth-order valence-electron chi connectivity index (χ4n) is 2.93. The van der Waals surface area contributed by atoms with Crippen molar-refractivity contribution in [3.63, 3.8) is 0 Å². The third-order valence-corrected chi connectivity index (χ3v) is 7.13. The Morgan fingerprint density at radius 3 is 2.17 bits per heavy atom. The van der Waals surface area contributed by atoms with Gasteiger partial charge in [-0.3, -0.25) is 4.79 Å². The Hall–Kier alpha value is -1.81. The van der Waals surface area contributed by atoms with Crippen LogP contribution in [0.25, 0.3) is 0 Å². The number of piperazine rings is 1. The highest BCUT2D eigenvalue weighted by Crippen LogP contribution is 2.30. The van der Waals surface area contributed by atoms with Crippen molar-refractivity contribution in [2.24, 2.45) is 0 Å². The summed E-state index contributed by atoms with van der Waals surface area (Å²) < 4.78 is 65.3. The van der Waals surface area contributed by atoms with Crippen molar-refractivity contribution >= 4 is 39.1 Å². The molecule has 0 saturated carbocycles. The fourth-order valence-corrected chi connectivity index (χ4v) is 4.74. The van der Waals surface area contributed by atoms with Gasteiger partial charge < -0.3 is 4.90 Å². The van der Waals surface area contributed by atoms with Gasteiger partial charge in [-0.2, -0.15) is 17.5 Å². The topological polar surface area (TPSA) is 57.7 Å². The van der Waals surface area contributed by atoms with Crippen LogP contribution in [-0.4, -0.2) is 49.7 Å². The van der Waals surface area contributed by atoms with Gasteiger partial charge in [0.2, 0.25) is 10.0 Å². The fraction of sp³-hybridized carbons (Fsp3) is 0.278. The van der Waals surface area contributed by atoms with Crippen molar-refractivity contribution in [2.45, 2.75) is 11.1 Å². The molecule has 11 heteroatoms. The lowest BCUT2D eigenvalue weighted by molar-refractivity contribution is -0.137. The Balaban J connectivity index is 1.72. The standard InChI is InChI=1S/C18H15Cl2F3N2O3S/c19-15-5-4-14(11-16(15)20)29(27,28)25-8-6-24(7-9-25)17(26)12-2-1-3-13(10-12)18(21,22)23/h1-5,10-11H,6-9H2. The van der Waals surface area contributed by atoms with Crippen LogP contribution in [0.5, 0.6) is 0 Å². The molecule has 1 heterocycles. The van der Waals surface area contributed by atoms with Crippen molar-refractivity contribution in [1.29, 1.82) is 0 Å². The molecule has 2 aromatic rings. The van der Waals surface area contributed by atoms with Crippen LogP contribution in [0.4, 0.5) is 13.2 Å². The first kappa shape index (κ1) is 21.9. The summed E-state index contributed by atoms with van der Waals surface area (Å²) in [5.74, 6) is -0.581. The number of carbonyl (C=O) groups is 1. The predicted octanol–water partition coefficient (Wildman–Crippen LogP) is 4.16. The molecule has 2 aromatic carbocycles. The average Bonchev–Trinajstić information content (AvgIpc) is 2.69. The molecule has 0 N–H and O–H groups in total. The minimum absolute atomic E-state index is 0.00722. The smallest absolute Gasteiger partial charge is 0.336 e. The van der Waals surface area contributed by atoms with Crippen LogP contribution in [0, 0.1) is 0 Å². The predicted molar refractivity (Wildman–Crippen MR) is 103 cm³/mol. The zero-order chi connectivity index (χ0) is 21.4. The van der Waals surface area contributed by atoms with Crippen LogP contribution in [0.3, 0.4) is 0 Å². The Morgan fingerprint density at radius 1 is 0.931 bits per heavy atom. The number of alkyl halides is 3. The number of hydrogen-bond donors (Lipinski definition) is 0. The van der Waals surface area contributed by atoms with Gasteiger partial charge in [-0.25, -0.2) is 8.42 Å². The number of halogens is 5. The lowest BCUT2D eigenvalue weighted by Crippen LogP contribution is -2.50. The van der Waals surface area contributed by atoms with Gasteiger partial charge >= 0.3 is 6.18 Å². The van der Waals surface area contributed by atoms with E-state index in [1.165, 1.54) is 39.5 Å². The second-order valence-electron chi connectivity index (χ2n) is 6.35. The van der Waals surface area contributed by atoms with Gasteiger partial charge in [-0.05, 0) is 36.4 Å². The molecule has 1 aliphatic rings. The van der Waals surface area contributed by atoms with Crippen molar-refractivity contribution in [1.82, 2.24) is 9.21 Å². The maximum atomic E-state index is 12.9. The third-order valence-electron chi connectivity index (χ3n) is 4.49. The number of sulfonamides is 1. The molecule has 1 aliphatic heterocycles. The average molecular weight is 467 g/mol. The van der Waals surface area contributed by atoms with E-state index >= 15 is 0 Å². The summed E-state index contributed by atoms with van der Waals surface area (Å²) in [7, 11) is -3.84. The zero-order valence-corrected chi connectivity index (χ0v) is 17.1. The van der Waals surface area contributed by atoms with Crippen LogP contribution in [-0.2, 0) is 16.2 Å². The largest absolute Gasteiger partial charge is 0.416 e. The van der Waals surface area contributed by atoms with Crippen molar-refractivity contribution in [2.75, 3.05) is 26.2 Å². The van der Waals surface area contributed by atoms with E-state index in [9.17, 15) is 26.4 Å². The number of hydrogen-bond acceptors (Lipinski definition) is 3. The summed E-state index contributed by atoms with van der Waals surface area (Å²) >= 11 is 11.7. The molecule has 5 nitrogen and oxygen atoms in total. The van der Waals surface area contributed by atoms with Gasteiger partial charge in [0.1, 0.15) is 0 Å². The molecule has 0 aromatic heterocycles. The first-order valence-electron chi connectivity index (χ1n) is 8.42. The second-order valence-corrected chi connectivity index (χ2v) is 9.10. The summed E-state index contributed by atoms with van der Waals surface area (Å²) in [4.78, 5) is 13.9. The molecule has 0 unspecified atom stereocenters. The van der Waals surface area contributed by atoms with Gasteiger partial charge in [0.05, 0.1) is 20.5 Å². The van der Waals surface area contributed by atoms with Gasteiger partial charge in [0, 0.05) is 31.7 Å². The minimum atomic E-state index is -4.55. The Morgan fingerprint density at radius 2 is 1.59 bits per heavy atom. The van der Waals surface area contributed by atoms with Gasteiger partial charge in [0.15, 0.2) is 0 Å². The molecule has 0 atom stereocenters. The maximum absolute atomic E-state index is 12.9. The molecule has 0 spiro atoms. The zero-order valence-electron chi connectivity index (χ0n) is 14.8. The van der Waals surface area contributed by atoms with Gasteiger partial charge in [0.25, 0.3) is 5.91 Å². The lowest BCUT2D eigenvalue weighted by Gasteiger charge is -2.34. The molecule has 1 saturated heterocycles. The number of rotatable bonds is 3. The highest BCUT2D eigenvalue weighted by atomic mass is 35.5. The normalized spacial score (nSPS) is 16.1. The van der Waals surface area contributed by atoms with E-state index in [1.807, 2.05) is 0 Å². The van der Waals surface area contributed by atoms with Crippen LogP contribution < -0.4 is 0 Å². The van der Waals surface area contributed by atoms with Gasteiger partial charge in [-0.1, -0.05) is 29.3 Å². The highest BCUT2D eigenvalue weighted by Gasteiger charge is 2.33. The molecule has 3 rings (SSSR count). The van der Waals surface area contributed by atoms with Gasteiger partial charge in [-0.15, -0.1) is 0 Å². The van der Waals surface area contributed by atoms with Crippen LogP contribution in [0.2, 0.25) is 10.0 Å². The van der Waals surface area contributed by atoms with E-state index < -0.39 is 27.7 Å². The lowest BCUT2D eigenvalue weighted by atomic mass is 10.1. The van der Waals surface area contributed by atoms with E-state index in [-0.39, 0.29) is 46.7 Å². The second kappa shape index (κ2) is 8.14. The molecular formula is C18H15Cl2F3N2O3S. The molecule has 29 heavy (non-hydrogen) atoms. The van der Waals surface area contributed by atoms with E-state index in [0.29, 0.717) is 0 Å². The summed E-state index contributed by atoms with van der Waals surface area (Å²) in [6.45, 7) is 0.117. The SMILES string of the molecule is O=C(c1cccc(C(F)(F)F)c1)N1CCN(S(=O)(=O)c2ccc(Cl)c(Cl)c2)CC1. The van der Waals surface area contributed by atoms with Crippen LogP contribution >= 0.6 is 23.2 Å². The number of carbonyl (C=O) groups excluding carboxylic acids is 1. The van der Waals surface area contributed by atoms with E-state index in [4.69, 9.17) is 23.2 Å². The molecular weight excluding hydrogens is 452 g/mol. The van der Waals surface area contributed by atoms with Crippen molar-refractivity contribution in [3.8, 4) is 0 Å². The molecule has 1 fully saturated rings. The third kappa shape index (κ3) is 4.69. The number of amides is 1. The highest BCUT2D eigenvalue weighted by molar-refractivity contribution is 7.89. The van der Waals surface area contributed by atoms with Crippen LogP contribution in [0.1, 0.15) is 15.9 Å². The number of benzene rings is 2. The van der Waals surface area contributed by atoms with E-state index in [2.05, 4.69) is 0 Å². The maximum Gasteiger partial charge on any atom is 0.416 e. The monoisotopic (exact) mass is 466 g/mol. The molecule has 0 aliphatic carbocycles. The summed E-state index contributed by atoms with van der Waals surface area (Å²) in [5.41, 5.74) is -1.01. The first-order valence-corrected chi connectivity index (χ1v) is 10.6. The molecule has 1 amide bonds. The van der Waals surface area contributed by atoms with Crippen molar-refractivity contribution in [3.05, 3.63) is 63.6 Å². The Labute approximate surface area is 175 Å². The number of nitrogens with zero attached hydrogens (tertiary/aromatic N) is 2. The Kier molecular flexibility index (Phi) is 6.14. The van der Waals surface area contributed by atoms with E-state index in [0.717, 1.165) is 12.1 Å².